The van der Waals surface area contributed by atoms with Crippen LogP contribution in [-0.2, 0) is 19.6 Å². The van der Waals surface area contributed by atoms with Gasteiger partial charge in [-0.3, -0.25) is 0 Å². The second kappa shape index (κ2) is 5.67. The van der Waals surface area contributed by atoms with Gasteiger partial charge in [0, 0.05) is 24.7 Å². The molecule has 140 valence electrons. The summed E-state index contributed by atoms with van der Waals surface area (Å²) in [5.74, 6) is -0.174. The first-order valence-electron chi connectivity index (χ1n) is 9.66. The van der Waals surface area contributed by atoms with Crippen molar-refractivity contribution in [1.29, 1.82) is 0 Å². The molecular formula is C20H36O4. The molecule has 0 bridgehead atoms. The second-order valence-electron chi connectivity index (χ2n) is 10.4. The SMILES string of the molecule is CC1CC(C)(C)C(C)C2(C1)OOC1(CC(C)CC(C)(C)C1C)OO2. The number of rotatable bonds is 0. The lowest BCUT2D eigenvalue weighted by atomic mass is 9.62. The van der Waals surface area contributed by atoms with Crippen LogP contribution in [0, 0.1) is 34.5 Å². The third kappa shape index (κ3) is 2.84. The van der Waals surface area contributed by atoms with Gasteiger partial charge in [-0.25, -0.2) is 0 Å². The molecular weight excluding hydrogens is 304 g/mol. The summed E-state index contributed by atoms with van der Waals surface area (Å²) in [6, 6.07) is 0. The van der Waals surface area contributed by atoms with E-state index in [0.717, 1.165) is 25.7 Å². The maximum Gasteiger partial charge on any atom is 0.237 e. The highest BCUT2D eigenvalue weighted by Crippen LogP contribution is 2.57. The fraction of sp³-hybridized carbons (Fsp3) is 1.00. The first-order valence-corrected chi connectivity index (χ1v) is 9.66. The zero-order chi connectivity index (χ0) is 18.0. The second-order valence-corrected chi connectivity index (χ2v) is 10.4. The van der Waals surface area contributed by atoms with Gasteiger partial charge in [-0.2, -0.15) is 19.6 Å². The van der Waals surface area contributed by atoms with Crippen molar-refractivity contribution in [3.63, 3.8) is 0 Å². The van der Waals surface area contributed by atoms with Gasteiger partial charge >= 0.3 is 0 Å². The van der Waals surface area contributed by atoms with Crippen molar-refractivity contribution in [2.45, 2.75) is 92.6 Å². The molecule has 2 spiro atoms. The first kappa shape index (κ1) is 18.6. The van der Waals surface area contributed by atoms with Crippen LogP contribution in [0.2, 0.25) is 0 Å². The minimum absolute atomic E-state index is 0.125. The van der Waals surface area contributed by atoms with E-state index in [0.29, 0.717) is 11.8 Å². The Kier molecular flexibility index (Phi) is 4.40. The third-order valence-electron chi connectivity index (χ3n) is 7.33. The largest absolute Gasteiger partial charge is 0.237 e. The Morgan fingerprint density at radius 2 is 0.833 bits per heavy atom. The Bertz CT molecular complexity index is 432. The molecule has 1 heterocycles. The van der Waals surface area contributed by atoms with Gasteiger partial charge < -0.3 is 0 Å². The summed E-state index contributed by atoms with van der Waals surface area (Å²) in [5.41, 5.74) is 0.249. The maximum absolute atomic E-state index is 6.08. The van der Waals surface area contributed by atoms with Gasteiger partial charge in [-0.05, 0) is 35.5 Å². The Balaban J connectivity index is 1.82. The highest BCUT2D eigenvalue weighted by molar-refractivity contribution is 4.97. The Morgan fingerprint density at radius 1 is 0.542 bits per heavy atom. The third-order valence-corrected chi connectivity index (χ3v) is 7.33. The molecule has 24 heavy (non-hydrogen) atoms. The van der Waals surface area contributed by atoms with E-state index in [1.807, 2.05) is 0 Å². The van der Waals surface area contributed by atoms with Crippen molar-refractivity contribution in [3.8, 4) is 0 Å². The molecule has 4 unspecified atom stereocenters. The van der Waals surface area contributed by atoms with Gasteiger partial charge in [0.2, 0.25) is 11.6 Å². The molecule has 3 aliphatic rings. The zero-order valence-electron chi connectivity index (χ0n) is 16.8. The van der Waals surface area contributed by atoms with Crippen LogP contribution in [0.1, 0.15) is 81.1 Å². The highest BCUT2D eigenvalue weighted by Gasteiger charge is 2.62. The van der Waals surface area contributed by atoms with Crippen LogP contribution < -0.4 is 0 Å². The molecule has 4 nitrogen and oxygen atoms in total. The average molecular weight is 341 g/mol. The van der Waals surface area contributed by atoms with Gasteiger partial charge in [0.1, 0.15) is 0 Å². The molecule has 4 atom stereocenters. The summed E-state index contributed by atoms with van der Waals surface area (Å²) in [4.78, 5) is 24.3. The summed E-state index contributed by atoms with van der Waals surface area (Å²) < 4.78 is 0. The maximum atomic E-state index is 6.08. The summed E-state index contributed by atoms with van der Waals surface area (Å²) in [5, 5.41) is 0. The average Bonchev–Trinajstić information content (AvgIpc) is 2.44. The monoisotopic (exact) mass is 340 g/mol. The smallest absolute Gasteiger partial charge is 0.195 e. The number of hydrogen-bond acceptors (Lipinski definition) is 4. The van der Waals surface area contributed by atoms with E-state index in [2.05, 4.69) is 55.4 Å². The van der Waals surface area contributed by atoms with E-state index >= 15 is 0 Å². The Hall–Kier alpha value is -0.160. The fourth-order valence-electron chi connectivity index (χ4n) is 5.54. The van der Waals surface area contributed by atoms with Crippen LogP contribution in [0.3, 0.4) is 0 Å². The lowest BCUT2D eigenvalue weighted by Gasteiger charge is -2.57. The van der Waals surface area contributed by atoms with Crippen molar-refractivity contribution in [2.24, 2.45) is 34.5 Å². The lowest BCUT2D eigenvalue weighted by Crippen LogP contribution is -2.63. The van der Waals surface area contributed by atoms with Crippen molar-refractivity contribution in [3.05, 3.63) is 0 Å². The molecule has 0 aromatic carbocycles. The first-order chi connectivity index (χ1) is 10.9. The Labute approximate surface area is 147 Å². The van der Waals surface area contributed by atoms with E-state index in [9.17, 15) is 0 Å². The van der Waals surface area contributed by atoms with Gasteiger partial charge in [-0.15, -0.1) is 0 Å². The molecule has 0 aromatic heterocycles. The topological polar surface area (TPSA) is 36.9 Å². The van der Waals surface area contributed by atoms with Crippen LogP contribution >= 0.6 is 0 Å². The quantitative estimate of drug-likeness (QED) is 0.548. The Morgan fingerprint density at radius 3 is 1.12 bits per heavy atom. The van der Waals surface area contributed by atoms with Crippen molar-refractivity contribution < 1.29 is 19.6 Å². The molecule has 0 radical (unpaired) electrons. The van der Waals surface area contributed by atoms with Crippen LogP contribution in [0.4, 0.5) is 0 Å². The summed E-state index contributed by atoms with van der Waals surface area (Å²) in [6.07, 6.45) is 3.94. The molecule has 3 fully saturated rings. The van der Waals surface area contributed by atoms with Gasteiger partial charge in [0.25, 0.3) is 0 Å². The van der Waals surface area contributed by atoms with Crippen molar-refractivity contribution in [1.82, 2.24) is 0 Å². The van der Waals surface area contributed by atoms with Gasteiger partial charge in [0.05, 0.1) is 0 Å². The summed E-state index contributed by atoms with van der Waals surface area (Å²) in [7, 11) is 0. The minimum Gasteiger partial charge on any atom is -0.195 e. The predicted octanol–water partition coefficient (Wildman–Crippen LogP) is 5.47. The predicted molar refractivity (Wildman–Crippen MR) is 92.5 cm³/mol. The molecule has 1 aliphatic heterocycles. The fourth-order valence-corrected chi connectivity index (χ4v) is 5.54. The standard InChI is InChI=1S/C20H36O4/c1-13-9-17(5,6)15(3)19(11-13)21-23-20(24-22-19)12-14(2)10-18(7,8)16(20)4/h13-16H,9-12H2,1-8H3. The summed E-state index contributed by atoms with van der Waals surface area (Å²) in [6.45, 7) is 18.0. The number of hydrogen-bond donors (Lipinski definition) is 0. The molecule has 0 amide bonds. The van der Waals surface area contributed by atoms with E-state index in [1.165, 1.54) is 0 Å². The zero-order valence-corrected chi connectivity index (χ0v) is 16.8. The van der Waals surface area contributed by atoms with Crippen LogP contribution in [0.15, 0.2) is 0 Å². The van der Waals surface area contributed by atoms with E-state index in [1.54, 1.807) is 0 Å². The molecule has 0 aromatic rings. The molecule has 2 aliphatic carbocycles. The van der Waals surface area contributed by atoms with E-state index in [4.69, 9.17) is 19.6 Å². The normalized spacial score (nSPS) is 51.0. The van der Waals surface area contributed by atoms with Gasteiger partial charge in [0.15, 0.2) is 0 Å². The summed E-state index contributed by atoms with van der Waals surface area (Å²) >= 11 is 0. The van der Waals surface area contributed by atoms with Crippen molar-refractivity contribution >= 4 is 0 Å². The molecule has 0 N–H and O–H groups in total. The van der Waals surface area contributed by atoms with Crippen LogP contribution in [0.25, 0.3) is 0 Å². The highest BCUT2D eigenvalue weighted by atomic mass is 17.4. The molecule has 4 heteroatoms. The molecule has 2 saturated carbocycles. The molecule has 1 saturated heterocycles. The van der Waals surface area contributed by atoms with Gasteiger partial charge in [-0.1, -0.05) is 55.4 Å². The van der Waals surface area contributed by atoms with E-state index in [-0.39, 0.29) is 22.7 Å². The van der Waals surface area contributed by atoms with Crippen LogP contribution in [-0.4, -0.2) is 11.6 Å². The lowest BCUT2D eigenvalue weighted by molar-refractivity contribution is -0.681. The van der Waals surface area contributed by atoms with Crippen LogP contribution in [0.5, 0.6) is 0 Å². The molecule has 3 rings (SSSR count). The minimum atomic E-state index is -0.795. The van der Waals surface area contributed by atoms with Crippen molar-refractivity contribution in [2.75, 3.05) is 0 Å². The van der Waals surface area contributed by atoms with E-state index < -0.39 is 11.6 Å².